The van der Waals surface area contributed by atoms with Crippen molar-refractivity contribution in [1.29, 1.82) is 0 Å². The lowest BCUT2D eigenvalue weighted by Gasteiger charge is -2.10. The number of anilines is 1. The zero-order chi connectivity index (χ0) is 20.6. The van der Waals surface area contributed by atoms with Gasteiger partial charge < -0.3 is 5.32 Å². The number of rotatable bonds is 4. The number of nitrogens with one attached hydrogen (secondary N) is 1. The van der Waals surface area contributed by atoms with Crippen LogP contribution in [0.1, 0.15) is 34.2 Å². The number of nitrogens with zero attached hydrogens (tertiary/aromatic N) is 3. The number of benzene rings is 1. The fourth-order valence-corrected chi connectivity index (χ4v) is 2.94. The molecular formula is C19H17F3N4O2. The standard InChI is InChI=1S/C19H17F3N4O2/c1-10-8-15(19(20,21)22)17-11(2)25-26(18(17)23-10)9-16(28)24-14-6-4-13(5-7-14)12(3)27/h4-8H,9H2,1-3H3,(H,24,28). The van der Waals surface area contributed by atoms with E-state index in [2.05, 4.69) is 15.4 Å². The molecule has 146 valence electrons. The molecule has 0 aliphatic carbocycles. The van der Waals surface area contributed by atoms with Crippen LogP contribution in [0, 0.1) is 13.8 Å². The summed E-state index contributed by atoms with van der Waals surface area (Å²) in [6.45, 7) is 4.04. The third-order valence-corrected chi connectivity index (χ3v) is 4.18. The molecule has 0 saturated carbocycles. The second kappa shape index (κ2) is 7.06. The highest BCUT2D eigenvalue weighted by molar-refractivity contribution is 5.96. The molecule has 3 aromatic rings. The van der Waals surface area contributed by atoms with Gasteiger partial charge in [-0.3, -0.25) is 9.59 Å². The van der Waals surface area contributed by atoms with Gasteiger partial charge in [0.05, 0.1) is 16.6 Å². The van der Waals surface area contributed by atoms with Crippen LogP contribution in [0.2, 0.25) is 0 Å². The first-order chi connectivity index (χ1) is 13.1. The summed E-state index contributed by atoms with van der Waals surface area (Å²) in [5, 5.41) is 6.59. The van der Waals surface area contributed by atoms with Crippen LogP contribution in [0.5, 0.6) is 0 Å². The molecule has 0 radical (unpaired) electrons. The van der Waals surface area contributed by atoms with Gasteiger partial charge in [0.15, 0.2) is 11.4 Å². The Morgan fingerprint density at radius 3 is 2.36 bits per heavy atom. The Hall–Kier alpha value is -3.23. The maximum absolute atomic E-state index is 13.4. The van der Waals surface area contributed by atoms with Crippen LogP contribution in [0.25, 0.3) is 11.0 Å². The number of carbonyl (C=O) groups is 2. The first-order valence-corrected chi connectivity index (χ1v) is 8.39. The van der Waals surface area contributed by atoms with Crippen molar-refractivity contribution in [3.63, 3.8) is 0 Å². The minimum Gasteiger partial charge on any atom is -0.324 e. The van der Waals surface area contributed by atoms with Crippen molar-refractivity contribution >= 4 is 28.4 Å². The van der Waals surface area contributed by atoms with Crippen LogP contribution in [0.4, 0.5) is 18.9 Å². The van der Waals surface area contributed by atoms with Crippen molar-refractivity contribution in [2.24, 2.45) is 0 Å². The molecule has 1 aromatic carbocycles. The summed E-state index contributed by atoms with van der Waals surface area (Å²) in [5.74, 6) is -0.574. The summed E-state index contributed by atoms with van der Waals surface area (Å²) in [5.41, 5.74) is 0.481. The molecule has 0 bridgehead atoms. The monoisotopic (exact) mass is 390 g/mol. The Morgan fingerprint density at radius 2 is 1.79 bits per heavy atom. The number of hydrogen-bond acceptors (Lipinski definition) is 4. The van der Waals surface area contributed by atoms with Crippen LogP contribution in [-0.2, 0) is 17.5 Å². The number of alkyl halides is 3. The average molecular weight is 390 g/mol. The summed E-state index contributed by atoms with van der Waals surface area (Å²) in [4.78, 5) is 27.8. The van der Waals surface area contributed by atoms with Gasteiger partial charge in [-0.25, -0.2) is 9.67 Å². The number of aromatic nitrogens is 3. The van der Waals surface area contributed by atoms with Crippen molar-refractivity contribution in [3.8, 4) is 0 Å². The summed E-state index contributed by atoms with van der Waals surface area (Å²) in [6, 6.07) is 7.27. The van der Waals surface area contributed by atoms with Crippen LogP contribution < -0.4 is 5.32 Å². The van der Waals surface area contributed by atoms with Gasteiger partial charge in [-0.1, -0.05) is 0 Å². The molecule has 0 spiro atoms. The highest BCUT2D eigenvalue weighted by Gasteiger charge is 2.35. The van der Waals surface area contributed by atoms with E-state index in [1.807, 2.05) is 0 Å². The van der Waals surface area contributed by atoms with Crippen LogP contribution in [0.15, 0.2) is 30.3 Å². The fraction of sp³-hybridized carbons (Fsp3) is 0.263. The molecule has 0 atom stereocenters. The van der Waals surface area contributed by atoms with Crippen molar-refractivity contribution in [3.05, 3.63) is 52.8 Å². The predicted molar refractivity (Wildman–Crippen MR) is 97.1 cm³/mol. The average Bonchev–Trinajstić information content (AvgIpc) is 2.89. The van der Waals surface area contributed by atoms with E-state index in [4.69, 9.17) is 0 Å². The van der Waals surface area contributed by atoms with Gasteiger partial charge in [0, 0.05) is 16.9 Å². The molecule has 0 saturated heterocycles. The molecule has 0 fully saturated rings. The van der Waals surface area contributed by atoms with E-state index < -0.39 is 17.6 Å². The molecule has 0 aliphatic rings. The zero-order valence-corrected chi connectivity index (χ0v) is 15.4. The minimum absolute atomic E-state index is 0.00639. The molecule has 0 unspecified atom stereocenters. The summed E-state index contributed by atoms with van der Waals surface area (Å²) >= 11 is 0. The van der Waals surface area contributed by atoms with E-state index >= 15 is 0 Å². The van der Waals surface area contributed by atoms with Gasteiger partial charge >= 0.3 is 6.18 Å². The van der Waals surface area contributed by atoms with Gasteiger partial charge in [0.2, 0.25) is 5.91 Å². The molecule has 6 nitrogen and oxygen atoms in total. The maximum atomic E-state index is 13.4. The van der Waals surface area contributed by atoms with Crippen molar-refractivity contribution in [2.75, 3.05) is 5.32 Å². The summed E-state index contributed by atoms with van der Waals surface area (Å²) in [6.07, 6.45) is -4.55. The zero-order valence-electron chi connectivity index (χ0n) is 15.4. The van der Waals surface area contributed by atoms with Crippen LogP contribution >= 0.6 is 0 Å². The molecule has 0 aliphatic heterocycles. The Bertz CT molecular complexity index is 1070. The Balaban J connectivity index is 1.89. The van der Waals surface area contributed by atoms with Crippen molar-refractivity contribution in [1.82, 2.24) is 14.8 Å². The lowest BCUT2D eigenvalue weighted by Crippen LogP contribution is -2.20. The van der Waals surface area contributed by atoms with Crippen molar-refractivity contribution in [2.45, 2.75) is 33.5 Å². The number of carbonyl (C=O) groups excluding carboxylic acids is 2. The molecule has 28 heavy (non-hydrogen) atoms. The number of aryl methyl sites for hydroxylation is 2. The van der Waals surface area contributed by atoms with Gasteiger partial charge in [0.25, 0.3) is 0 Å². The van der Waals surface area contributed by atoms with Gasteiger partial charge in [-0.15, -0.1) is 0 Å². The quantitative estimate of drug-likeness (QED) is 0.686. The van der Waals surface area contributed by atoms with E-state index in [0.29, 0.717) is 11.3 Å². The molecule has 3 rings (SSSR count). The minimum atomic E-state index is -4.55. The second-order valence-electron chi connectivity index (χ2n) is 6.43. The third-order valence-electron chi connectivity index (χ3n) is 4.18. The molecule has 1 amide bonds. The normalized spacial score (nSPS) is 11.6. The van der Waals surface area contributed by atoms with E-state index in [-0.39, 0.29) is 34.7 Å². The fourth-order valence-electron chi connectivity index (χ4n) is 2.94. The number of halogens is 3. The summed E-state index contributed by atoms with van der Waals surface area (Å²) < 4.78 is 41.2. The molecule has 2 heterocycles. The number of Topliss-reactive ketones (excluding diaryl/α,β-unsaturated/α-hetero) is 1. The van der Waals surface area contributed by atoms with E-state index in [0.717, 1.165) is 10.7 Å². The summed E-state index contributed by atoms with van der Waals surface area (Å²) in [7, 11) is 0. The van der Waals surface area contributed by atoms with E-state index in [1.165, 1.54) is 20.8 Å². The smallest absolute Gasteiger partial charge is 0.324 e. The molecule has 1 N–H and O–H groups in total. The maximum Gasteiger partial charge on any atom is 0.417 e. The predicted octanol–water partition coefficient (Wildman–Crippen LogP) is 3.91. The number of ketones is 1. The Labute approximate surface area is 158 Å². The second-order valence-corrected chi connectivity index (χ2v) is 6.43. The Morgan fingerprint density at radius 1 is 1.14 bits per heavy atom. The lowest BCUT2D eigenvalue weighted by atomic mass is 10.1. The highest BCUT2D eigenvalue weighted by Crippen LogP contribution is 2.36. The molecule has 9 heteroatoms. The first kappa shape index (κ1) is 19.5. The SMILES string of the molecule is CC(=O)c1ccc(NC(=O)Cn2nc(C)c3c(C(F)(F)F)cc(C)nc32)cc1. The first-order valence-electron chi connectivity index (χ1n) is 8.39. The highest BCUT2D eigenvalue weighted by atomic mass is 19.4. The molecular weight excluding hydrogens is 373 g/mol. The van der Waals surface area contributed by atoms with Crippen LogP contribution in [0.3, 0.4) is 0 Å². The van der Waals surface area contributed by atoms with Gasteiger partial charge in [-0.2, -0.15) is 18.3 Å². The van der Waals surface area contributed by atoms with Crippen molar-refractivity contribution < 1.29 is 22.8 Å². The largest absolute Gasteiger partial charge is 0.417 e. The topological polar surface area (TPSA) is 76.9 Å². The van der Waals surface area contributed by atoms with E-state index in [9.17, 15) is 22.8 Å². The lowest BCUT2D eigenvalue weighted by molar-refractivity contribution is -0.136. The van der Waals surface area contributed by atoms with Gasteiger partial charge in [0.1, 0.15) is 6.54 Å². The van der Waals surface area contributed by atoms with Gasteiger partial charge in [-0.05, 0) is 51.1 Å². The number of hydrogen-bond donors (Lipinski definition) is 1. The Kier molecular flexibility index (Phi) is 4.93. The third kappa shape index (κ3) is 3.88. The number of amides is 1. The number of pyridine rings is 1. The molecule has 2 aromatic heterocycles. The van der Waals surface area contributed by atoms with E-state index in [1.54, 1.807) is 24.3 Å². The van der Waals surface area contributed by atoms with Crippen LogP contribution in [-0.4, -0.2) is 26.5 Å². The number of fused-ring (bicyclic) bond motifs is 1.